The summed E-state index contributed by atoms with van der Waals surface area (Å²) in [6, 6.07) is 12.1. The van der Waals surface area contributed by atoms with Crippen molar-refractivity contribution in [3.8, 4) is 0 Å². The van der Waals surface area contributed by atoms with E-state index >= 15 is 0 Å². The van der Waals surface area contributed by atoms with E-state index in [4.69, 9.17) is 0 Å². The largest absolute Gasteiger partial charge is 0.373 e. The smallest absolute Gasteiger partial charge is 0.264 e. The summed E-state index contributed by atoms with van der Waals surface area (Å²) in [5.41, 5.74) is 3.28. The van der Waals surface area contributed by atoms with Crippen molar-refractivity contribution in [3.63, 3.8) is 0 Å². The fourth-order valence-electron chi connectivity index (χ4n) is 7.15. The van der Waals surface area contributed by atoms with Gasteiger partial charge < -0.3 is 15.1 Å². The number of carbonyl (C=O) groups excluding carboxylic acids is 2. The van der Waals surface area contributed by atoms with Gasteiger partial charge >= 0.3 is 0 Å². The van der Waals surface area contributed by atoms with Crippen molar-refractivity contribution in [2.75, 3.05) is 37.0 Å². The van der Waals surface area contributed by atoms with Crippen molar-refractivity contribution in [1.29, 1.82) is 0 Å². The van der Waals surface area contributed by atoms with Gasteiger partial charge in [0.2, 0.25) is 5.91 Å². The van der Waals surface area contributed by atoms with Gasteiger partial charge in [0.05, 0.1) is 16.3 Å². The molecule has 0 saturated heterocycles. The second-order valence-electron chi connectivity index (χ2n) is 14.2. The van der Waals surface area contributed by atoms with E-state index in [9.17, 15) is 18.0 Å². The molecule has 1 unspecified atom stereocenters. The van der Waals surface area contributed by atoms with E-state index in [0.717, 1.165) is 63.0 Å². The lowest BCUT2D eigenvalue weighted by molar-refractivity contribution is -0.120. The van der Waals surface area contributed by atoms with Crippen molar-refractivity contribution < 1.29 is 18.0 Å². The van der Waals surface area contributed by atoms with Crippen LogP contribution in [0, 0.1) is 24.7 Å². The van der Waals surface area contributed by atoms with Crippen LogP contribution in [0.25, 0.3) is 0 Å². The molecule has 2 aromatic carbocycles. The zero-order valence-corrected chi connectivity index (χ0v) is 29.5. The number of nitrogens with one attached hydrogen (secondary N) is 2. The van der Waals surface area contributed by atoms with Crippen molar-refractivity contribution in [3.05, 3.63) is 53.6 Å². The summed E-state index contributed by atoms with van der Waals surface area (Å²) in [6.07, 6.45) is 12.4. The van der Waals surface area contributed by atoms with Crippen LogP contribution in [0.2, 0.25) is 0 Å². The van der Waals surface area contributed by atoms with E-state index in [-0.39, 0.29) is 23.1 Å². The molecular weight excluding hydrogens is 596 g/mol. The first-order chi connectivity index (χ1) is 21.9. The molecular formula is C37H56N4O4S. The summed E-state index contributed by atoms with van der Waals surface area (Å²) in [7, 11) is 0.237. The second-order valence-corrected chi connectivity index (χ2v) is 15.8. The van der Waals surface area contributed by atoms with Crippen LogP contribution in [0.1, 0.15) is 107 Å². The van der Waals surface area contributed by atoms with Crippen LogP contribution in [0.15, 0.2) is 47.4 Å². The average Bonchev–Trinajstić information content (AvgIpc) is 3.03. The summed E-state index contributed by atoms with van der Waals surface area (Å²) in [5.74, 6) is 0.522. The maximum Gasteiger partial charge on any atom is 0.264 e. The van der Waals surface area contributed by atoms with E-state index in [1.807, 2.05) is 12.1 Å². The van der Waals surface area contributed by atoms with Gasteiger partial charge in [0.15, 0.2) is 0 Å². The summed E-state index contributed by atoms with van der Waals surface area (Å²) in [4.78, 5) is 31.8. The predicted octanol–water partition coefficient (Wildman–Crippen LogP) is 7.07. The van der Waals surface area contributed by atoms with Gasteiger partial charge in [0, 0.05) is 45.2 Å². The molecule has 2 saturated carbocycles. The van der Waals surface area contributed by atoms with Crippen LogP contribution in [-0.4, -0.2) is 53.5 Å². The number of sulfonamides is 1. The number of rotatable bonds is 14. The van der Waals surface area contributed by atoms with Crippen LogP contribution in [0.3, 0.4) is 0 Å². The zero-order valence-electron chi connectivity index (χ0n) is 28.7. The molecule has 2 fully saturated rings. The number of anilines is 2. The minimum Gasteiger partial charge on any atom is -0.373 e. The highest BCUT2D eigenvalue weighted by atomic mass is 32.2. The number of aryl methyl sites for hydroxylation is 1. The molecule has 2 aromatic rings. The minimum atomic E-state index is -4.02. The lowest BCUT2D eigenvalue weighted by Gasteiger charge is -2.33. The second kappa shape index (κ2) is 16.7. The average molecular weight is 653 g/mol. The number of benzene rings is 2. The summed E-state index contributed by atoms with van der Waals surface area (Å²) < 4.78 is 28.4. The summed E-state index contributed by atoms with van der Waals surface area (Å²) >= 11 is 0. The van der Waals surface area contributed by atoms with Crippen LogP contribution >= 0.6 is 0 Å². The van der Waals surface area contributed by atoms with Gasteiger partial charge in [0.1, 0.15) is 0 Å². The van der Waals surface area contributed by atoms with Crippen LogP contribution in [0.4, 0.5) is 11.4 Å². The molecule has 46 heavy (non-hydrogen) atoms. The Hall–Kier alpha value is -3.07. The molecule has 0 bridgehead atoms. The third kappa shape index (κ3) is 9.96. The van der Waals surface area contributed by atoms with E-state index in [2.05, 4.69) is 53.8 Å². The maximum atomic E-state index is 13.9. The van der Waals surface area contributed by atoms with Crippen molar-refractivity contribution in [1.82, 2.24) is 10.0 Å². The summed E-state index contributed by atoms with van der Waals surface area (Å²) in [5, 5.41) is 3.18. The number of carbonyl (C=O) groups is 2. The third-order valence-corrected chi connectivity index (χ3v) is 11.5. The summed E-state index contributed by atoms with van der Waals surface area (Å²) in [6.45, 7) is 8.06. The highest BCUT2D eigenvalue weighted by Crippen LogP contribution is 2.33. The predicted molar refractivity (Wildman–Crippen MR) is 188 cm³/mol. The molecule has 2 aliphatic rings. The molecule has 0 radical (unpaired) electrons. The number of amides is 2. The van der Waals surface area contributed by atoms with Gasteiger partial charge in [-0.15, -0.1) is 0 Å². The van der Waals surface area contributed by atoms with Crippen molar-refractivity contribution in [2.24, 2.45) is 17.8 Å². The molecule has 254 valence electrons. The van der Waals surface area contributed by atoms with Gasteiger partial charge in [-0.05, 0) is 86.6 Å². The fraction of sp³-hybridized carbons (Fsp3) is 0.622. The van der Waals surface area contributed by atoms with E-state index < -0.39 is 22.0 Å². The van der Waals surface area contributed by atoms with Gasteiger partial charge in [-0.1, -0.05) is 70.6 Å². The molecule has 0 aliphatic heterocycles. The Kier molecular flexibility index (Phi) is 13.0. The molecule has 0 spiro atoms. The van der Waals surface area contributed by atoms with E-state index in [1.165, 1.54) is 38.2 Å². The molecule has 2 amide bonds. The first-order valence-corrected chi connectivity index (χ1v) is 18.9. The molecule has 1 atom stereocenters. The Bertz CT molecular complexity index is 1410. The number of hydrogen-bond acceptors (Lipinski definition) is 6. The number of hydrogen-bond donors (Lipinski definition) is 2. The first kappa shape index (κ1) is 35.8. The van der Waals surface area contributed by atoms with Crippen molar-refractivity contribution >= 4 is 33.2 Å². The molecule has 0 aromatic heterocycles. The Balaban J connectivity index is 1.55. The van der Waals surface area contributed by atoms with Crippen LogP contribution < -0.4 is 19.8 Å². The highest BCUT2D eigenvalue weighted by Gasteiger charge is 2.30. The molecule has 8 nitrogen and oxygen atoms in total. The molecule has 9 heteroatoms. The lowest BCUT2D eigenvalue weighted by atomic mass is 9.82. The zero-order chi connectivity index (χ0) is 33.3. The highest BCUT2D eigenvalue weighted by molar-refractivity contribution is 7.90. The van der Waals surface area contributed by atoms with Crippen molar-refractivity contribution in [2.45, 2.75) is 109 Å². The topological polar surface area (TPSA) is 98.8 Å². The van der Waals surface area contributed by atoms with Gasteiger partial charge in [-0.25, -0.2) is 13.1 Å². The molecule has 2 N–H and O–H groups in total. The Morgan fingerprint density at radius 2 is 1.52 bits per heavy atom. The fourth-order valence-corrected chi connectivity index (χ4v) is 8.39. The number of nitrogens with zero attached hydrogens (tertiary/aromatic N) is 2. The Labute approximate surface area is 277 Å². The SMILES string of the molecule is Cc1ccccc1S(=O)(=O)NC(=O)CC(NC(=O)c1ccc(N(C)CCC(C)C)c(N(C)CC2CCCCC2)c1)C1CCCCC1. The molecule has 0 heterocycles. The Morgan fingerprint density at radius 1 is 0.870 bits per heavy atom. The monoisotopic (exact) mass is 652 g/mol. The first-order valence-electron chi connectivity index (χ1n) is 17.4. The molecule has 4 rings (SSSR count). The van der Waals surface area contributed by atoms with E-state index in [0.29, 0.717) is 23.0 Å². The lowest BCUT2D eigenvalue weighted by Crippen LogP contribution is -2.45. The minimum absolute atomic E-state index is 0.0879. The Morgan fingerprint density at radius 3 is 2.17 bits per heavy atom. The third-order valence-electron chi connectivity index (χ3n) is 9.93. The van der Waals surface area contributed by atoms with Gasteiger partial charge in [0.25, 0.3) is 15.9 Å². The standard InChI is InChI=1S/C37H56N4O4S/c1-27(2)22-23-40(4)33-21-20-31(24-34(33)41(5)26-29-15-8-6-9-16-29)37(43)38-32(30-17-10-7-11-18-30)25-36(42)39-46(44,45)35-19-13-12-14-28(35)3/h12-14,19-21,24,27,29-30,32H,6-11,15-18,22-23,25-26H2,1-5H3,(H,38,43)(H,39,42). The van der Waals surface area contributed by atoms with E-state index in [1.54, 1.807) is 25.1 Å². The van der Waals surface area contributed by atoms with Gasteiger partial charge in [-0.2, -0.15) is 0 Å². The van der Waals surface area contributed by atoms with Crippen LogP contribution in [0.5, 0.6) is 0 Å². The van der Waals surface area contributed by atoms with Crippen LogP contribution in [-0.2, 0) is 14.8 Å². The molecule has 2 aliphatic carbocycles. The maximum absolute atomic E-state index is 13.9. The quantitative estimate of drug-likeness (QED) is 0.227. The van der Waals surface area contributed by atoms with Gasteiger partial charge in [-0.3, -0.25) is 9.59 Å². The normalized spacial score (nSPS) is 17.0.